The SMILES string of the molecule is C=CC[C@@H]1[C@@H](CCCC)CCN(Cc2ccccc2)[C@H]1C. The Hall–Kier alpha value is -1.08. The lowest BCUT2D eigenvalue weighted by molar-refractivity contribution is 0.0489. The Morgan fingerprint density at radius 1 is 1.29 bits per heavy atom. The summed E-state index contributed by atoms with van der Waals surface area (Å²) in [5.74, 6) is 1.68. The van der Waals surface area contributed by atoms with Crippen LogP contribution in [0, 0.1) is 11.8 Å². The fourth-order valence-corrected chi connectivity index (χ4v) is 3.86. The van der Waals surface area contributed by atoms with E-state index < -0.39 is 0 Å². The zero-order valence-electron chi connectivity index (χ0n) is 13.8. The minimum absolute atomic E-state index is 0.666. The van der Waals surface area contributed by atoms with E-state index >= 15 is 0 Å². The highest BCUT2D eigenvalue weighted by Gasteiger charge is 2.33. The van der Waals surface area contributed by atoms with Crippen LogP contribution in [0.1, 0.15) is 51.5 Å². The molecule has 0 bridgehead atoms. The predicted octanol–water partition coefficient (Wildman–Crippen LogP) is 5.28. The standard InChI is InChI=1S/C20H31N/c1-4-6-13-19-14-15-21(17(3)20(19)10-5-2)16-18-11-8-7-9-12-18/h5,7-9,11-12,17,19-20H,2,4,6,10,13-16H2,1,3H3/t17-,19-,20-/m0/s1. The molecule has 0 saturated carbocycles. The van der Waals surface area contributed by atoms with Gasteiger partial charge in [0.1, 0.15) is 0 Å². The summed E-state index contributed by atoms with van der Waals surface area (Å²) < 4.78 is 0. The van der Waals surface area contributed by atoms with E-state index in [0.29, 0.717) is 6.04 Å². The van der Waals surface area contributed by atoms with Crippen molar-refractivity contribution in [2.45, 2.75) is 58.5 Å². The zero-order valence-corrected chi connectivity index (χ0v) is 13.8. The summed E-state index contributed by atoms with van der Waals surface area (Å²) in [6.07, 6.45) is 8.75. The van der Waals surface area contributed by atoms with Crippen molar-refractivity contribution in [2.24, 2.45) is 11.8 Å². The van der Waals surface area contributed by atoms with Crippen molar-refractivity contribution in [3.05, 3.63) is 48.6 Å². The van der Waals surface area contributed by atoms with E-state index in [1.807, 2.05) is 0 Å². The molecule has 1 nitrogen and oxygen atoms in total. The molecular formula is C20H31N. The molecule has 116 valence electrons. The van der Waals surface area contributed by atoms with Gasteiger partial charge >= 0.3 is 0 Å². The maximum Gasteiger partial charge on any atom is 0.0236 e. The van der Waals surface area contributed by atoms with Gasteiger partial charge in [0.2, 0.25) is 0 Å². The van der Waals surface area contributed by atoms with Gasteiger partial charge in [0.15, 0.2) is 0 Å². The summed E-state index contributed by atoms with van der Waals surface area (Å²) in [7, 11) is 0. The number of allylic oxidation sites excluding steroid dienone is 1. The number of nitrogens with zero attached hydrogens (tertiary/aromatic N) is 1. The topological polar surface area (TPSA) is 3.24 Å². The second-order valence-electron chi connectivity index (χ2n) is 6.58. The van der Waals surface area contributed by atoms with Gasteiger partial charge in [-0.15, -0.1) is 6.58 Å². The summed E-state index contributed by atoms with van der Waals surface area (Å²) in [5.41, 5.74) is 1.44. The van der Waals surface area contributed by atoms with Crippen LogP contribution < -0.4 is 0 Å². The van der Waals surface area contributed by atoms with Gasteiger partial charge in [-0.2, -0.15) is 0 Å². The first-order valence-electron chi connectivity index (χ1n) is 8.65. The maximum absolute atomic E-state index is 3.99. The lowest BCUT2D eigenvalue weighted by atomic mass is 9.75. The van der Waals surface area contributed by atoms with Crippen molar-refractivity contribution in [3.63, 3.8) is 0 Å². The molecule has 0 aliphatic carbocycles. The number of unbranched alkanes of at least 4 members (excludes halogenated alkanes) is 1. The van der Waals surface area contributed by atoms with Crippen LogP contribution in [0.3, 0.4) is 0 Å². The summed E-state index contributed by atoms with van der Waals surface area (Å²) >= 11 is 0. The molecule has 3 atom stereocenters. The third-order valence-electron chi connectivity index (χ3n) is 5.18. The monoisotopic (exact) mass is 285 g/mol. The quantitative estimate of drug-likeness (QED) is 0.616. The molecular weight excluding hydrogens is 254 g/mol. The number of likely N-dealkylation sites (tertiary alicyclic amines) is 1. The van der Waals surface area contributed by atoms with Crippen molar-refractivity contribution < 1.29 is 0 Å². The van der Waals surface area contributed by atoms with Crippen LogP contribution in [0.2, 0.25) is 0 Å². The molecule has 1 fully saturated rings. The van der Waals surface area contributed by atoms with Gasteiger partial charge in [0.05, 0.1) is 0 Å². The summed E-state index contributed by atoms with van der Waals surface area (Å²) in [6, 6.07) is 11.6. The van der Waals surface area contributed by atoms with Gasteiger partial charge < -0.3 is 0 Å². The van der Waals surface area contributed by atoms with Crippen LogP contribution in [0.5, 0.6) is 0 Å². The zero-order chi connectivity index (χ0) is 15.1. The third kappa shape index (κ3) is 4.44. The van der Waals surface area contributed by atoms with Crippen LogP contribution in [-0.4, -0.2) is 17.5 Å². The summed E-state index contributed by atoms with van der Waals surface area (Å²) in [4.78, 5) is 2.67. The number of benzene rings is 1. The molecule has 1 aromatic carbocycles. The fraction of sp³-hybridized carbons (Fsp3) is 0.600. The normalized spacial score (nSPS) is 26.7. The molecule has 1 saturated heterocycles. The highest BCUT2D eigenvalue weighted by Crippen LogP contribution is 2.35. The van der Waals surface area contributed by atoms with Crippen molar-refractivity contribution in [1.82, 2.24) is 4.90 Å². The van der Waals surface area contributed by atoms with E-state index in [2.05, 4.69) is 61.7 Å². The first-order chi connectivity index (χ1) is 10.3. The van der Waals surface area contributed by atoms with Crippen molar-refractivity contribution >= 4 is 0 Å². The molecule has 1 aliphatic rings. The minimum Gasteiger partial charge on any atom is -0.296 e. The second kappa shape index (κ2) is 8.38. The number of rotatable bonds is 7. The van der Waals surface area contributed by atoms with E-state index in [1.54, 1.807) is 0 Å². The van der Waals surface area contributed by atoms with Crippen molar-refractivity contribution in [2.75, 3.05) is 6.54 Å². The Morgan fingerprint density at radius 2 is 2.05 bits per heavy atom. The van der Waals surface area contributed by atoms with Crippen LogP contribution >= 0.6 is 0 Å². The van der Waals surface area contributed by atoms with Gasteiger partial charge in [-0.25, -0.2) is 0 Å². The molecule has 1 aliphatic heterocycles. The Bertz CT molecular complexity index is 411. The van der Waals surface area contributed by atoms with Gasteiger partial charge in [-0.05, 0) is 43.7 Å². The van der Waals surface area contributed by atoms with Crippen LogP contribution in [0.25, 0.3) is 0 Å². The highest BCUT2D eigenvalue weighted by atomic mass is 15.2. The average molecular weight is 285 g/mol. The average Bonchev–Trinajstić information content (AvgIpc) is 2.51. The lowest BCUT2D eigenvalue weighted by Crippen LogP contribution is -2.46. The Kier molecular flexibility index (Phi) is 6.50. The second-order valence-corrected chi connectivity index (χ2v) is 6.58. The van der Waals surface area contributed by atoms with Crippen LogP contribution in [0.15, 0.2) is 43.0 Å². The van der Waals surface area contributed by atoms with E-state index in [9.17, 15) is 0 Å². The molecule has 21 heavy (non-hydrogen) atoms. The molecule has 1 heteroatoms. The molecule has 0 N–H and O–H groups in total. The molecule has 0 unspecified atom stereocenters. The molecule has 0 radical (unpaired) electrons. The fourth-order valence-electron chi connectivity index (χ4n) is 3.86. The van der Waals surface area contributed by atoms with Crippen molar-refractivity contribution in [3.8, 4) is 0 Å². The minimum atomic E-state index is 0.666. The van der Waals surface area contributed by atoms with E-state index in [4.69, 9.17) is 0 Å². The Morgan fingerprint density at radius 3 is 2.71 bits per heavy atom. The first kappa shape index (κ1) is 16.3. The van der Waals surface area contributed by atoms with Gasteiger partial charge in [0, 0.05) is 12.6 Å². The Balaban J connectivity index is 2.00. The number of hydrogen-bond acceptors (Lipinski definition) is 1. The van der Waals surface area contributed by atoms with Crippen molar-refractivity contribution in [1.29, 1.82) is 0 Å². The Labute approximate surface area is 131 Å². The summed E-state index contributed by atoms with van der Waals surface area (Å²) in [6.45, 7) is 11.1. The van der Waals surface area contributed by atoms with Crippen LogP contribution in [-0.2, 0) is 6.54 Å². The largest absolute Gasteiger partial charge is 0.296 e. The maximum atomic E-state index is 3.99. The predicted molar refractivity (Wildman–Crippen MR) is 92.3 cm³/mol. The van der Waals surface area contributed by atoms with Gasteiger partial charge in [0.25, 0.3) is 0 Å². The molecule has 1 heterocycles. The molecule has 2 rings (SSSR count). The smallest absolute Gasteiger partial charge is 0.0236 e. The third-order valence-corrected chi connectivity index (χ3v) is 5.18. The molecule has 0 aromatic heterocycles. The molecule has 0 spiro atoms. The highest BCUT2D eigenvalue weighted by molar-refractivity contribution is 5.14. The summed E-state index contributed by atoms with van der Waals surface area (Å²) in [5, 5.41) is 0. The van der Waals surface area contributed by atoms with E-state index in [0.717, 1.165) is 18.4 Å². The van der Waals surface area contributed by atoms with E-state index in [-0.39, 0.29) is 0 Å². The molecule has 1 aromatic rings. The number of hydrogen-bond donors (Lipinski definition) is 0. The van der Waals surface area contributed by atoms with Gasteiger partial charge in [-0.1, -0.05) is 62.6 Å². The lowest BCUT2D eigenvalue weighted by Gasteiger charge is -2.44. The first-order valence-corrected chi connectivity index (χ1v) is 8.65. The van der Waals surface area contributed by atoms with E-state index in [1.165, 1.54) is 44.2 Å². The number of piperidine rings is 1. The van der Waals surface area contributed by atoms with Crippen LogP contribution in [0.4, 0.5) is 0 Å². The molecule has 0 amide bonds. The van der Waals surface area contributed by atoms with Gasteiger partial charge in [-0.3, -0.25) is 4.90 Å².